The molecule has 0 aromatic heterocycles. The molecule has 0 amide bonds. The van der Waals surface area contributed by atoms with Crippen molar-refractivity contribution in [3.8, 4) is 0 Å². The zero-order valence-electron chi connectivity index (χ0n) is 9.08. The van der Waals surface area contributed by atoms with Crippen LogP contribution in [-0.2, 0) is 9.53 Å². The molecular formula is C11H19NO2. The third-order valence-electron chi connectivity index (χ3n) is 3.55. The van der Waals surface area contributed by atoms with Crippen LogP contribution in [0.3, 0.4) is 0 Å². The summed E-state index contributed by atoms with van der Waals surface area (Å²) in [6.45, 7) is 6.59. The Labute approximate surface area is 85.4 Å². The average Bonchev–Trinajstić information content (AvgIpc) is 2.48. The van der Waals surface area contributed by atoms with E-state index in [0.717, 1.165) is 32.4 Å². The molecule has 0 unspecified atom stereocenters. The van der Waals surface area contributed by atoms with Gasteiger partial charge in [-0.1, -0.05) is 0 Å². The van der Waals surface area contributed by atoms with E-state index in [1.807, 2.05) is 0 Å². The number of carbonyl (C=O) groups is 1. The third kappa shape index (κ3) is 1.78. The third-order valence-corrected chi connectivity index (χ3v) is 3.55. The number of nitrogens with zero attached hydrogens (tertiary/aromatic N) is 1. The molecule has 0 radical (unpaired) electrons. The van der Waals surface area contributed by atoms with Gasteiger partial charge in [-0.25, -0.2) is 0 Å². The Kier molecular flexibility index (Phi) is 2.52. The Morgan fingerprint density at radius 2 is 1.93 bits per heavy atom. The minimum Gasteiger partial charge on any atom is -0.459 e. The van der Waals surface area contributed by atoms with Crippen molar-refractivity contribution in [2.24, 2.45) is 0 Å². The second-order valence-electron chi connectivity index (χ2n) is 4.79. The number of rotatable bonds is 1. The molecule has 0 bridgehead atoms. The molecule has 0 N–H and O–H groups in total. The largest absolute Gasteiger partial charge is 0.459 e. The van der Waals surface area contributed by atoms with Gasteiger partial charge in [-0.2, -0.15) is 0 Å². The van der Waals surface area contributed by atoms with Gasteiger partial charge in [0, 0.05) is 25.6 Å². The highest BCUT2D eigenvalue weighted by molar-refractivity contribution is 5.72. The maximum atomic E-state index is 11.1. The zero-order valence-corrected chi connectivity index (χ0v) is 9.08. The normalized spacial score (nSPS) is 27.2. The molecule has 0 saturated carbocycles. The summed E-state index contributed by atoms with van der Waals surface area (Å²) >= 11 is 0. The Balaban J connectivity index is 1.92. The molecular weight excluding hydrogens is 178 g/mol. The molecule has 3 heteroatoms. The molecule has 2 rings (SSSR count). The highest BCUT2D eigenvalue weighted by Crippen LogP contribution is 2.36. The van der Waals surface area contributed by atoms with Crippen molar-refractivity contribution >= 4 is 5.97 Å². The molecule has 0 aliphatic carbocycles. The van der Waals surface area contributed by atoms with Crippen LogP contribution < -0.4 is 0 Å². The van der Waals surface area contributed by atoms with E-state index >= 15 is 0 Å². The van der Waals surface area contributed by atoms with Crippen molar-refractivity contribution in [2.75, 3.05) is 13.1 Å². The van der Waals surface area contributed by atoms with E-state index in [4.69, 9.17) is 4.74 Å². The first-order valence-corrected chi connectivity index (χ1v) is 5.57. The van der Waals surface area contributed by atoms with Gasteiger partial charge in [-0.05, 0) is 33.1 Å². The van der Waals surface area contributed by atoms with Crippen molar-refractivity contribution in [1.29, 1.82) is 0 Å². The zero-order chi connectivity index (χ0) is 10.2. The van der Waals surface area contributed by atoms with Gasteiger partial charge in [0.25, 0.3) is 0 Å². The van der Waals surface area contributed by atoms with E-state index in [9.17, 15) is 4.79 Å². The second-order valence-corrected chi connectivity index (χ2v) is 4.79. The number of piperidine rings is 1. The van der Waals surface area contributed by atoms with Crippen LogP contribution >= 0.6 is 0 Å². The smallest absolute Gasteiger partial charge is 0.306 e. The summed E-state index contributed by atoms with van der Waals surface area (Å²) in [4.78, 5) is 13.6. The molecule has 2 fully saturated rings. The summed E-state index contributed by atoms with van der Waals surface area (Å²) in [5, 5.41) is 0. The van der Waals surface area contributed by atoms with Gasteiger partial charge in [0.05, 0.1) is 0 Å². The van der Waals surface area contributed by atoms with E-state index in [1.54, 1.807) is 0 Å². The maximum absolute atomic E-state index is 11.1. The fourth-order valence-electron chi connectivity index (χ4n) is 2.47. The molecule has 0 aromatic rings. The van der Waals surface area contributed by atoms with Gasteiger partial charge in [0.15, 0.2) is 0 Å². The van der Waals surface area contributed by atoms with Crippen LogP contribution in [0.5, 0.6) is 0 Å². The van der Waals surface area contributed by atoms with E-state index in [2.05, 4.69) is 18.7 Å². The Bertz CT molecular complexity index is 229. The van der Waals surface area contributed by atoms with Crippen LogP contribution in [0.15, 0.2) is 0 Å². The Morgan fingerprint density at radius 3 is 2.36 bits per heavy atom. The fourth-order valence-corrected chi connectivity index (χ4v) is 2.47. The Morgan fingerprint density at radius 1 is 1.29 bits per heavy atom. The van der Waals surface area contributed by atoms with Gasteiger partial charge in [0.2, 0.25) is 0 Å². The highest BCUT2D eigenvalue weighted by atomic mass is 16.6. The van der Waals surface area contributed by atoms with Crippen molar-refractivity contribution in [3.05, 3.63) is 0 Å². The number of hydrogen-bond donors (Lipinski definition) is 0. The molecule has 0 atom stereocenters. The Hall–Kier alpha value is -0.570. The van der Waals surface area contributed by atoms with Gasteiger partial charge in [-0.15, -0.1) is 0 Å². The monoisotopic (exact) mass is 197 g/mol. The summed E-state index contributed by atoms with van der Waals surface area (Å²) in [6.07, 6.45) is 3.62. The summed E-state index contributed by atoms with van der Waals surface area (Å²) in [7, 11) is 0. The van der Waals surface area contributed by atoms with E-state index in [1.165, 1.54) is 0 Å². The molecule has 3 nitrogen and oxygen atoms in total. The lowest BCUT2D eigenvalue weighted by molar-refractivity contribution is -0.152. The molecule has 2 aliphatic rings. The molecule has 2 saturated heterocycles. The van der Waals surface area contributed by atoms with E-state index in [0.29, 0.717) is 12.5 Å². The highest BCUT2D eigenvalue weighted by Gasteiger charge is 2.42. The standard InChI is InChI=1S/C11H19NO2/c1-9(2)12-7-5-11(6-8-12)4-3-10(13)14-11/h9H,3-8H2,1-2H3. The average molecular weight is 197 g/mol. The first-order valence-electron chi connectivity index (χ1n) is 5.57. The predicted molar refractivity (Wildman–Crippen MR) is 54.0 cm³/mol. The first-order chi connectivity index (χ1) is 6.61. The van der Waals surface area contributed by atoms with Crippen molar-refractivity contribution in [3.63, 3.8) is 0 Å². The van der Waals surface area contributed by atoms with Crippen LogP contribution in [0.2, 0.25) is 0 Å². The molecule has 80 valence electrons. The van der Waals surface area contributed by atoms with Crippen molar-refractivity contribution in [1.82, 2.24) is 4.90 Å². The van der Waals surface area contributed by atoms with Crippen molar-refractivity contribution in [2.45, 2.75) is 51.2 Å². The van der Waals surface area contributed by atoms with Crippen LogP contribution in [0.25, 0.3) is 0 Å². The van der Waals surface area contributed by atoms with Gasteiger partial charge >= 0.3 is 5.97 Å². The quantitative estimate of drug-likeness (QED) is 0.597. The fraction of sp³-hybridized carbons (Fsp3) is 0.909. The number of ether oxygens (including phenoxy) is 1. The van der Waals surface area contributed by atoms with Gasteiger partial charge in [0.1, 0.15) is 5.60 Å². The predicted octanol–water partition coefficient (Wildman–Crippen LogP) is 1.57. The van der Waals surface area contributed by atoms with Gasteiger partial charge < -0.3 is 9.64 Å². The lowest BCUT2D eigenvalue weighted by atomic mass is 9.88. The second kappa shape index (κ2) is 3.54. The van der Waals surface area contributed by atoms with E-state index in [-0.39, 0.29) is 11.6 Å². The summed E-state index contributed by atoms with van der Waals surface area (Å²) in [5.41, 5.74) is -0.0809. The number of esters is 1. The maximum Gasteiger partial charge on any atom is 0.306 e. The molecule has 1 spiro atoms. The summed E-state index contributed by atoms with van der Waals surface area (Å²) in [6, 6.07) is 0.615. The first kappa shape index (κ1) is 9.97. The molecule has 2 aliphatic heterocycles. The minimum atomic E-state index is -0.0809. The minimum absolute atomic E-state index is 0.00277. The lowest BCUT2D eigenvalue weighted by Gasteiger charge is -2.39. The number of hydrogen-bond acceptors (Lipinski definition) is 3. The van der Waals surface area contributed by atoms with E-state index < -0.39 is 0 Å². The molecule has 14 heavy (non-hydrogen) atoms. The van der Waals surface area contributed by atoms with Gasteiger partial charge in [-0.3, -0.25) is 4.79 Å². The van der Waals surface area contributed by atoms with Crippen LogP contribution in [0, 0.1) is 0 Å². The lowest BCUT2D eigenvalue weighted by Crippen LogP contribution is -2.46. The molecule has 2 heterocycles. The topological polar surface area (TPSA) is 29.5 Å². The van der Waals surface area contributed by atoms with Crippen LogP contribution in [0.4, 0.5) is 0 Å². The summed E-state index contributed by atoms with van der Waals surface area (Å²) < 4.78 is 5.45. The number of likely N-dealkylation sites (tertiary alicyclic amines) is 1. The summed E-state index contributed by atoms with van der Waals surface area (Å²) in [5.74, 6) is 0.00277. The molecule has 0 aromatic carbocycles. The van der Waals surface area contributed by atoms with Crippen LogP contribution in [-0.4, -0.2) is 35.6 Å². The van der Waals surface area contributed by atoms with Crippen LogP contribution in [0.1, 0.15) is 39.5 Å². The van der Waals surface area contributed by atoms with Crippen molar-refractivity contribution < 1.29 is 9.53 Å². The number of carbonyl (C=O) groups excluding carboxylic acids is 1. The SMILES string of the molecule is CC(C)N1CCC2(CCC(=O)O2)CC1.